The molecule has 0 bridgehead atoms. The maximum atomic E-state index is 5.95. The molecule has 0 amide bonds. The van der Waals surface area contributed by atoms with E-state index in [9.17, 15) is 0 Å². The zero-order valence-electron chi connectivity index (χ0n) is 32.2. The predicted octanol–water partition coefficient (Wildman–Crippen LogP) is 11.4. The molecule has 1 spiro atoms. The first-order chi connectivity index (χ1) is 28.2. The second kappa shape index (κ2) is 12.4. The van der Waals surface area contributed by atoms with Crippen molar-refractivity contribution in [1.29, 1.82) is 0 Å². The highest BCUT2D eigenvalue weighted by Crippen LogP contribution is 2.65. The van der Waals surface area contributed by atoms with E-state index in [-0.39, 0.29) is 11.3 Å². The van der Waals surface area contributed by atoms with Crippen molar-refractivity contribution >= 4 is 39.4 Å². The van der Waals surface area contributed by atoms with Crippen LogP contribution in [0, 0.1) is 5.92 Å². The molecule has 0 aromatic heterocycles. The van der Waals surface area contributed by atoms with Gasteiger partial charge in [0.15, 0.2) is 0 Å². The van der Waals surface area contributed by atoms with Crippen LogP contribution in [0.3, 0.4) is 0 Å². The molecule has 1 fully saturated rings. The number of fused-ring (bicyclic) bond motifs is 12. The molecule has 1 aliphatic heterocycles. The molecule has 1 saturated heterocycles. The van der Waals surface area contributed by atoms with Crippen molar-refractivity contribution in [1.82, 2.24) is 0 Å². The van der Waals surface area contributed by atoms with E-state index in [2.05, 4.69) is 169 Å². The second-order valence-corrected chi connectivity index (χ2v) is 16.4. The molecular weight excluding hydrogens is 695 g/mol. The summed E-state index contributed by atoms with van der Waals surface area (Å²) in [4.78, 5) is 2.45. The summed E-state index contributed by atoms with van der Waals surface area (Å²) in [5, 5.41) is 5.41. The van der Waals surface area contributed by atoms with Crippen LogP contribution in [0.15, 0.2) is 158 Å². The molecule has 0 radical (unpaired) electrons. The molecule has 276 valence electrons. The minimum absolute atomic E-state index is 0.158. The molecule has 57 heavy (non-hydrogen) atoms. The monoisotopic (exact) mass is 737 g/mol. The van der Waals surface area contributed by atoms with E-state index in [4.69, 9.17) is 9.47 Å². The van der Waals surface area contributed by atoms with Gasteiger partial charge in [-0.1, -0.05) is 140 Å². The average Bonchev–Trinajstić information content (AvgIpc) is 3.45. The van der Waals surface area contributed by atoms with Crippen LogP contribution in [0.1, 0.15) is 50.1 Å². The highest BCUT2D eigenvalue weighted by atomic mass is 16.5. The van der Waals surface area contributed by atoms with Crippen LogP contribution in [0.25, 0.3) is 44.8 Å². The zero-order valence-corrected chi connectivity index (χ0v) is 32.2. The van der Waals surface area contributed by atoms with Gasteiger partial charge in [0.1, 0.15) is 5.76 Å². The van der Waals surface area contributed by atoms with Crippen LogP contribution in [0.5, 0.6) is 0 Å². The first-order valence-corrected chi connectivity index (χ1v) is 20.5. The molecule has 5 aliphatic carbocycles. The third-order valence-electron chi connectivity index (χ3n) is 14.0. The van der Waals surface area contributed by atoms with Gasteiger partial charge in [0, 0.05) is 30.1 Å². The fourth-order valence-corrected chi connectivity index (χ4v) is 11.5. The van der Waals surface area contributed by atoms with Gasteiger partial charge < -0.3 is 14.4 Å². The number of hydrogen-bond donors (Lipinski definition) is 0. The highest BCUT2D eigenvalue weighted by molar-refractivity contribution is 6.18. The van der Waals surface area contributed by atoms with Gasteiger partial charge >= 0.3 is 0 Å². The Kier molecular flexibility index (Phi) is 7.20. The summed E-state index contributed by atoms with van der Waals surface area (Å²) in [6.45, 7) is 3.40. The third-order valence-corrected chi connectivity index (χ3v) is 14.0. The highest BCUT2D eigenvalue weighted by Gasteiger charge is 2.54. The van der Waals surface area contributed by atoms with Crippen LogP contribution in [-0.2, 0) is 33.1 Å². The van der Waals surface area contributed by atoms with Gasteiger partial charge in [0.05, 0.1) is 25.7 Å². The van der Waals surface area contributed by atoms with Gasteiger partial charge in [0.2, 0.25) is 0 Å². The van der Waals surface area contributed by atoms with E-state index in [0.29, 0.717) is 0 Å². The molecule has 1 atom stereocenters. The largest absolute Gasteiger partial charge is 0.497 e. The Labute approximate surface area is 334 Å². The van der Waals surface area contributed by atoms with E-state index in [1.54, 1.807) is 7.11 Å². The van der Waals surface area contributed by atoms with E-state index < -0.39 is 5.41 Å². The molecule has 0 N–H and O–H groups in total. The third kappa shape index (κ3) is 4.46. The molecule has 6 aromatic rings. The summed E-state index contributed by atoms with van der Waals surface area (Å²) in [5.41, 5.74) is 15.7. The Morgan fingerprint density at radius 1 is 0.667 bits per heavy atom. The number of rotatable bonds is 4. The van der Waals surface area contributed by atoms with E-state index in [0.717, 1.165) is 44.9 Å². The summed E-state index contributed by atoms with van der Waals surface area (Å²) in [6.07, 6.45) is 27.3. The van der Waals surface area contributed by atoms with Gasteiger partial charge in [-0.2, -0.15) is 0 Å². The Morgan fingerprint density at radius 2 is 1.37 bits per heavy atom. The fraction of sp³-hybridized carbons (Fsp3) is 0.185. The van der Waals surface area contributed by atoms with E-state index in [1.165, 1.54) is 88.4 Å². The molecule has 1 heterocycles. The molecule has 3 nitrogen and oxygen atoms in total. The van der Waals surface area contributed by atoms with Crippen molar-refractivity contribution in [2.75, 3.05) is 38.3 Å². The Morgan fingerprint density at radius 3 is 2.09 bits per heavy atom. The number of hydrogen-bond acceptors (Lipinski definition) is 3. The lowest BCUT2D eigenvalue weighted by atomic mass is 9.60. The van der Waals surface area contributed by atoms with Crippen LogP contribution in [-0.4, -0.2) is 33.4 Å². The standard InChI is InChI=1S/C54H43NO2/c1-56-40-24-26-41-42(27-25-40)51-44-14-6-7-15-46(44)54(47-16-8-10-35-18-19-36-11-9-17-48(54)50(36)49(35)47)52(51)43-28-29-53(34-45(41)43,37-12-4-2-3-5-13-37)38-20-22-39(23-21-38)55-30-32-57-33-31-55/h2-25,27-29,37H,26,30-34H2,1H3. The number of benzene rings is 6. The molecule has 1 unspecified atom stereocenters. The van der Waals surface area contributed by atoms with Crippen molar-refractivity contribution in [3.63, 3.8) is 0 Å². The lowest BCUT2D eigenvalue weighted by Crippen LogP contribution is -2.38. The summed E-state index contributed by atoms with van der Waals surface area (Å²) in [6, 6.07) is 37.4. The molecule has 6 aromatic carbocycles. The van der Waals surface area contributed by atoms with Gasteiger partial charge in [-0.05, 0) is 120 Å². The number of anilines is 1. The molecule has 12 rings (SSSR count). The number of allylic oxidation sites excluding steroid dienone is 9. The maximum absolute atomic E-state index is 5.95. The predicted molar refractivity (Wildman–Crippen MR) is 235 cm³/mol. The lowest BCUT2D eigenvalue weighted by molar-refractivity contribution is 0.122. The van der Waals surface area contributed by atoms with Gasteiger partial charge in [-0.15, -0.1) is 0 Å². The number of nitrogens with zero attached hydrogens (tertiary/aromatic N) is 1. The van der Waals surface area contributed by atoms with Crippen molar-refractivity contribution < 1.29 is 9.47 Å². The fourth-order valence-electron chi connectivity index (χ4n) is 11.5. The summed E-state index contributed by atoms with van der Waals surface area (Å²) >= 11 is 0. The Bertz CT molecular complexity index is 2800. The normalized spacial score (nSPS) is 20.8. The smallest absolute Gasteiger partial charge is 0.115 e. The van der Waals surface area contributed by atoms with E-state index >= 15 is 0 Å². The maximum Gasteiger partial charge on any atom is 0.115 e. The van der Waals surface area contributed by atoms with E-state index in [1.807, 2.05) is 0 Å². The Hall–Kier alpha value is -6.16. The SMILES string of the molecule is COC1=CCc2c(c3c(c4c2CC(c2ccc(N5CCOCC5)cc2)(C2C=CC=CC=C2)C=C4)C2(c4ccccc4-3)c3cccc4ccc5cccc2c5c34)C=C1. The van der Waals surface area contributed by atoms with Crippen molar-refractivity contribution in [3.05, 3.63) is 208 Å². The van der Waals surface area contributed by atoms with Crippen LogP contribution in [0.4, 0.5) is 5.69 Å². The first-order valence-electron chi connectivity index (χ1n) is 20.5. The minimum Gasteiger partial charge on any atom is -0.497 e. The van der Waals surface area contributed by atoms with Gasteiger partial charge in [-0.3, -0.25) is 0 Å². The molecule has 6 aliphatic rings. The minimum atomic E-state index is -0.457. The molecule has 3 heteroatoms. The quantitative estimate of drug-likeness (QED) is 0.168. The lowest BCUT2D eigenvalue weighted by Gasteiger charge is -2.42. The zero-order chi connectivity index (χ0) is 37.7. The topological polar surface area (TPSA) is 21.7 Å². The van der Waals surface area contributed by atoms with Crippen LogP contribution in [0.2, 0.25) is 0 Å². The van der Waals surface area contributed by atoms with Crippen molar-refractivity contribution in [2.45, 2.75) is 23.7 Å². The van der Waals surface area contributed by atoms with Crippen molar-refractivity contribution in [3.8, 4) is 11.1 Å². The second-order valence-electron chi connectivity index (χ2n) is 16.4. The summed E-state index contributed by atoms with van der Waals surface area (Å²) in [7, 11) is 1.79. The average molecular weight is 738 g/mol. The number of morpholine rings is 1. The Balaban J connectivity index is 1.16. The van der Waals surface area contributed by atoms with Crippen molar-refractivity contribution in [2.24, 2.45) is 5.92 Å². The number of methoxy groups -OCH3 is 1. The molecule has 0 saturated carbocycles. The summed E-state index contributed by atoms with van der Waals surface area (Å²) < 4.78 is 11.6. The molecular formula is C54H43NO2. The first kappa shape index (κ1) is 33.0. The number of ether oxygens (including phenoxy) is 2. The van der Waals surface area contributed by atoms with Crippen LogP contribution >= 0.6 is 0 Å². The van der Waals surface area contributed by atoms with Crippen LogP contribution < -0.4 is 4.90 Å². The van der Waals surface area contributed by atoms with Gasteiger partial charge in [-0.25, -0.2) is 0 Å². The summed E-state index contributed by atoms with van der Waals surface area (Å²) in [5.74, 6) is 1.07. The van der Waals surface area contributed by atoms with Gasteiger partial charge in [0.25, 0.3) is 0 Å².